The molecule has 5 nitrogen and oxygen atoms in total. The third kappa shape index (κ3) is 7.66. The van der Waals surface area contributed by atoms with Gasteiger partial charge < -0.3 is 20.1 Å². The van der Waals surface area contributed by atoms with Gasteiger partial charge in [-0.2, -0.15) is 0 Å². The van der Waals surface area contributed by atoms with Crippen LogP contribution in [0.5, 0.6) is 0 Å². The highest BCUT2D eigenvalue weighted by atomic mass is 35.5. The van der Waals surface area contributed by atoms with Crippen LogP contribution in [0.15, 0.2) is 24.3 Å². The average Bonchev–Trinajstić information content (AvgIpc) is 2.40. The van der Waals surface area contributed by atoms with E-state index in [-0.39, 0.29) is 6.03 Å². The highest BCUT2D eigenvalue weighted by Crippen LogP contribution is 2.12. The van der Waals surface area contributed by atoms with Gasteiger partial charge in [-0.3, -0.25) is 0 Å². The molecule has 0 atom stereocenters. The standard InChI is InChI=1S/C13H19ClN2O3/c1-18-9-10-19-8-2-7-15-13(17)16-12-5-3-11(14)4-6-12/h3-6H,2,7-10H2,1H3,(H2,15,16,17). The molecule has 0 bridgehead atoms. The van der Waals surface area contributed by atoms with Gasteiger partial charge in [-0.15, -0.1) is 0 Å². The number of urea groups is 1. The van der Waals surface area contributed by atoms with Crippen LogP contribution in [0.3, 0.4) is 0 Å². The van der Waals surface area contributed by atoms with Crippen molar-refractivity contribution in [1.82, 2.24) is 5.32 Å². The molecule has 0 aliphatic rings. The lowest BCUT2D eigenvalue weighted by Crippen LogP contribution is -2.30. The number of hydrogen-bond acceptors (Lipinski definition) is 3. The zero-order valence-corrected chi connectivity index (χ0v) is 11.7. The average molecular weight is 287 g/mol. The van der Waals surface area contributed by atoms with Crippen molar-refractivity contribution in [3.8, 4) is 0 Å². The summed E-state index contributed by atoms with van der Waals surface area (Å²) in [6.07, 6.45) is 0.762. The molecule has 0 heterocycles. The van der Waals surface area contributed by atoms with Gasteiger partial charge in [-0.25, -0.2) is 4.79 Å². The topological polar surface area (TPSA) is 59.6 Å². The third-order valence-electron chi connectivity index (χ3n) is 2.28. The Morgan fingerprint density at radius 2 is 1.95 bits per heavy atom. The molecule has 0 aliphatic carbocycles. The molecule has 19 heavy (non-hydrogen) atoms. The van der Waals surface area contributed by atoms with Crippen LogP contribution in [0, 0.1) is 0 Å². The highest BCUT2D eigenvalue weighted by molar-refractivity contribution is 6.30. The first-order valence-electron chi connectivity index (χ1n) is 6.09. The second-order valence-electron chi connectivity index (χ2n) is 3.85. The van der Waals surface area contributed by atoms with Gasteiger partial charge in [0.1, 0.15) is 0 Å². The van der Waals surface area contributed by atoms with E-state index in [2.05, 4.69) is 10.6 Å². The summed E-state index contributed by atoms with van der Waals surface area (Å²) in [4.78, 5) is 11.5. The van der Waals surface area contributed by atoms with E-state index in [9.17, 15) is 4.79 Å². The minimum Gasteiger partial charge on any atom is -0.382 e. The van der Waals surface area contributed by atoms with Crippen molar-refractivity contribution in [3.05, 3.63) is 29.3 Å². The fourth-order valence-corrected chi connectivity index (χ4v) is 1.45. The van der Waals surface area contributed by atoms with Crippen LogP contribution < -0.4 is 10.6 Å². The molecule has 6 heteroatoms. The first kappa shape index (κ1) is 15.8. The van der Waals surface area contributed by atoms with Crippen LogP contribution in [0.2, 0.25) is 5.02 Å². The van der Waals surface area contributed by atoms with Crippen molar-refractivity contribution in [1.29, 1.82) is 0 Å². The van der Waals surface area contributed by atoms with Crippen LogP contribution in [-0.2, 0) is 9.47 Å². The molecule has 2 amide bonds. The molecule has 0 saturated carbocycles. The van der Waals surface area contributed by atoms with E-state index >= 15 is 0 Å². The number of nitrogens with one attached hydrogen (secondary N) is 2. The molecule has 1 aromatic rings. The number of halogens is 1. The second kappa shape index (κ2) is 9.61. The largest absolute Gasteiger partial charge is 0.382 e. The first-order chi connectivity index (χ1) is 9.22. The second-order valence-corrected chi connectivity index (χ2v) is 4.28. The Bertz CT molecular complexity index is 371. The number of ether oxygens (including phenoxy) is 2. The molecule has 2 N–H and O–H groups in total. The minimum absolute atomic E-state index is 0.237. The molecule has 0 aliphatic heterocycles. The van der Waals surface area contributed by atoms with Crippen LogP contribution in [0.1, 0.15) is 6.42 Å². The minimum atomic E-state index is -0.237. The number of anilines is 1. The Labute approximate surface area is 118 Å². The molecule has 0 aromatic heterocycles. The van der Waals surface area contributed by atoms with Gasteiger partial charge in [0.2, 0.25) is 0 Å². The quantitative estimate of drug-likeness (QED) is 0.722. The summed E-state index contributed by atoms with van der Waals surface area (Å²) in [7, 11) is 1.63. The summed E-state index contributed by atoms with van der Waals surface area (Å²) in [6.45, 7) is 2.33. The molecule has 0 fully saturated rings. The maximum atomic E-state index is 11.5. The number of methoxy groups -OCH3 is 1. The molecule has 0 saturated heterocycles. The van der Waals surface area contributed by atoms with E-state index in [4.69, 9.17) is 21.1 Å². The van der Waals surface area contributed by atoms with Gasteiger partial charge in [0, 0.05) is 31.0 Å². The monoisotopic (exact) mass is 286 g/mol. The Balaban J connectivity index is 2.06. The number of carbonyl (C=O) groups is 1. The predicted molar refractivity (Wildman–Crippen MR) is 75.8 cm³/mol. The van der Waals surface area contributed by atoms with E-state index in [1.807, 2.05) is 0 Å². The van der Waals surface area contributed by atoms with Crippen molar-refractivity contribution in [2.45, 2.75) is 6.42 Å². The maximum absolute atomic E-state index is 11.5. The van der Waals surface area contributed by atoms with Crippen molar-refractivity contribution in [2.75, 3.05) is 38.8 Å². The molecule has 0 unspecified atom stereocenters. The van der Waals surface area contributed by atoms with E-state index < -0.39 is 0 Å². The number of amides is 2. The fraction of sp³-hybridized carbons (Fsp3) is 0.462. The normalized spacial score (nSPS) is 10.2. The summed E-state index contributed by atoms with van der Waals surface area (Å²) in [6, 6.07) is 6.70. The zero-order valence-electron chi connectivity index (χ0n) is 10.9. The molecular formula is C13H19ClN2O3. The van der Waals surface area contributed by atoms with Crippen LogP contribution in [0.25, 0.3) is 0 Å². The third-order valence-corrected chi connectivity index (χ3v) is 2.54. The maximum Gasteiger partial charge on any atom is 0.319 e. The van der Waals surface area contributed by atoms with E-state index in [0.29, 0.717) is 37.1 Å². The van der Waals surface area contributed by atoms with E-state index in [1.54, 1.807) is 31.4 Å². The predicted octanol–water partition coefficient (Wildman–Crippen LogP) is 2.51. The van der Waals surface area contributed by atoms with Crippen molar-refractivity contribution < 1.29 is 14.3 Å². The summed E-state index contributed by atoms with van der Waals surface area (Å²) in [5.41, 5.74) is 0.707. The van der Waals surface area contributed by atoms with Crippen LogP contribution in [-0.4, -0.2) is 39.5 Å². The van der Waals surface area contributed by atoms with E-state index in [1.165, 1.54) is 0 Å². The van der Waals surface area contributed by atoms with Gasteiger partial charge in [-0.05, 0) is 30.7 Å². The number of carbonyl (C=O) groups excluding carboxylic acids is 1. The van der Waals surface area contributed by atoms with Crippen LogP contribution >= 0.6 is 11.6 Å². The van der Waals surface area contributed by atoms with Gasteiger partial charge in [-0.1, -0.05) is 11.6 Å². The smallest absolute Gasteiger partial charge is 0.319 e. The summed E-state index contributed by atoms with van der Waals surface area (Å²) in [5.74, 6) is 0. The summed E-state index contributed by atoms with van der Waals surface area (Å²) >= 11 is 5.75. The van der Waals surface area contributed by atoms with Crippen molar-refractivity contribution in [2.24, 2.45) is 0 Å². The molecule has 0 radical (unpaired) electrons. The highest BCUT2D eigenvalue weighted by Gasteiger charge is 2.00. The van der Waals surface area contributed by atoms with Gasteiger partial charge in [0.15, 0.2) is 0 Å². The Morgan fingerprint density at radius 1 is 1.21 bits per heavy atom. The fourth-order valence-electron chi connectivity index (χ4n) is 1.33. The first-order valence-corrected chi connectivity index (χ1v) is 6.47. The van der Waals surface area contributed by atoms with Crippen molar-refractivity contribution >= 4 is 23.3 Å². The zero-order chi connectivity index (χ0) is 13.9. The SMILES string of the molecule is COCCOCCCNC(=O)Nc1ccc(Cl)cc1. The van der Waals surface area contributed by atoms with Gasteiger partial charge in [0.25, 0.3) is 0 Å². The lowest BCUT2D eigenvalue weighted by Gasteiger charge is -2.08. The van der Waals surface area contributed by atoms with Gasteiger partial charge >= 0.3 is 6.03 Å². The Morgan fingerprint density at radius 3 is 2.63 bits per heavy atom. The summed E-state index contributed by atoms with van der Waals surface area (Å²) < 4.78 is 10.1. The number of rotatable bonds is 8. The molecule has 0 spiro atoms. The lowest BCUT2D eigenvalue weighted by molar-refractivity contribution is 0.0697. The van der Waals surface area contributed by atoms with Gasteiger partial charge in [0.05, 0.1) is 13.2 Å². The molecular weight excluding hydrogens is 268 g/mol. The number of hydrogen-bond donors (Lipinski definition) is 2. The van der Waals surface area contributed by atoms with Crippen LogP contribution in [0.4, 0.5) is 10.5 Å². The Hall–Kier alpha value is -1.30. The molecule has 1 aromatic carbocycles. The van der Waals surface area contributed by atoms with Crippen molar-refractivity contribution in [3.63, 3.8) is 0 Å². The van der Waals surface area contributed by atoms with E-state index in [0.717, 1.165) is 6.42 Å². The Kier molecular flexibility index (Phi) is 7.97. The lowest BCUT2D eigenvalue weighted by atomic mass is 10.3. The number of benzene rings is 1. The molecule has 1 rings (SSSR count). The summed E-state index contributed by atoms with van der Waals surface area (Å²) in [5, 5.41) is 6.09. The molecule has 106 valence electrons.